The number of rotatable bonds is 5. The highest BCUT2D eigenvalue weighted by atomic mass is 127. The van der Waals surface area contributed by atoms with Gasteiger partial charge in [-0.2, -0.15) is 13.2 Å². The molecule has 1 atom stereocenters. The van der Waals surface area contributed by atoms with Crippen LogP contribution in [-0.2, 0) is 10.9 Å². The molecule has 0 saturated carbocycles. The molecule has 5 nitrogen and oxygen atoms in total. The van der Waals surface area contributed by atoms with Crippen molar-refractivity contribution in [1.82, 2.24) is 10.6 Å². The molecule has 2 rings (SSSR count). The number of nitrogens with one attached hydrogen (secondary N) is 2. The third-order valence-corrected chi connectivity index (χ3v) is 4.37. The SMILES string of the molecule is CCNC(=NCC1(O)CCOCC1)NC(C)c1cccc(C(F)(F)F)c1.I. The van der Waals surface area contributed by atoms with E-state index in [1.807, 2.05) is 6.92 Å². The Bertz CT molecular complexity index is 620. The van der Waals surface area contributed by atoms with Crippen LogP contribution in [0.5, 0.6) is 0 Å². The van der Waals surface area contributed by atoms with Gasteiger partial charge in [0.1, 0.15) is 0 Å². The van der Waals surface area contributed by atoms with Crippen LogP contribution in [0.3, 0.4) is 0 Å². The first-order chi connectivity index (χ1) is 12.2. The highest BCUT2D eigenvalue weighted by molar-refractivity contribution is 14.0. The number of aliphatic imine (C=N–C) groups is 1. The maximum absolute atomic E-state index is 12.9. The summed E-state index contributed by atoms with van der Waals surface area (Å²) >= 11 is 0. The smallest absolute Gasteiger partial charge is 0.388 e. The first-order valence-electron chi connectivity index (χ1n) is 8.76. The predicted molar refractivity (Wildman–Crippen MR) is 109 cm³/mol. The summed E-state index contributed by atoms with van der Waals surface area (Å²) in [6.07, 6.45) is -3.35. The number of hydrogen-bond acceptors (Lipinski definition) is 3. The summed E-state index contributed by atoms with van der Waals surface area (Å²) in [6, 6.07) is 4.84. The Morgan fingerprint density at radius 1 is 1.33 bits per heavy atom. The summed E-state index contributed by atoms with van der Waals surface area (Å²) < 4.78 is 43.9. The van der Waals surface area contributed by atoms with Crippen LogP contribution in [0.4, 0.5) is 13.2 Å². The van der Waals surface area contributed by atoms with Gasteiger partial charge in [-0.05, 0) is 31.5 Å². The molecule has 0 aliphatic carbocycles. The minimum atomic E-state index is -4.37. The molecule has 0 amide bonds. The van der Waals surface area contributed by atoms with Crippen LogP contribution < -0.4 is 10.6 Å². The van der Waals surface area contributed by atoms with Gasteiger partial charge in [-0.15, -0.1) is 24.0 Å². The van der Waals surface area contributed by atoms with E-state index in [2.05, 4.69) is 15.6 Å². The highest BCUT2D eigenvalue weighted by Crippen LogP contribution is 2.30. The maximum atomic E-state index is 12.9. The second kappa shape index (κ2) is 10.5. The van der Waals surface area contributed by atoms with Crippen molar-refractivity contribution >= 4 is 29.9 Å². The van der Waals surface area contributed by atoms with Gasteiger partial charge in [-0.3, -0.25) is 4.99 Å². The number of guanidine groups is 1. The minimum Gasteiger partial charge on any atom is -0.388 e. The average Bonchev–Trinajstić information content (AvgIpc) is 2.60. The summed E-state index contributed by atoms with van der Waals surface area (Å²) in [4.78, 5) is 4.41. The van der Waals surface area contributed by atoms with Crippen molar-refractivity contribution < 1.29 is 23.0 Å². The van der Waals surface area contributed by atoms with Gasteiger partial charge in [-0.25, -0.2) is 0 Å². The summed E-state index contributed by atoms with van der Waals surface area (Å²) in [5.41, 5.74) is -1.07. The van der Waals surface area contributed by atoms with Gasteiger partial charge in [-0.1, -0.05) is 12.1 Å². The van der Waals surface area contributed by atoms with Gasteiger partial charge in [0.25, 0.3) is 0 Å². The topological polar surface area (TPSA) is 65.9 Å². The van der Waals surface area contributed by atoms with Crippen LogP contribution in [-0.4, -0.2) is 43.0 Å². The molecule has 27 heavy (non-hydrogen) atoms. The van der Waals surface area contributed by atoms with Crippen LogP contribution in [0.2, 0.25) is 0 Å². The first kappa shape index (κ1) is 24.0. The normalized spacial score (nSPS) is 18.4. The molecule has 3 N–H and O–H groups in total. The molecular weight excluding hydrogens is 474 g/mol. The third kappa shape index (κ3) is 7.46. The first-order valence-corrected chi connectivity index (χ1v) is 8.76. The number of ether oxygens (including phenoxy) is 1. The minimum absolute atomic E-state index is 0. The lowest BCUT2D eigenvalue weighted by atomic mass is 9.95. The Kier molecular flexibility index (Phi) is 9.29. The van der Waals surface area contributed by atoms with Crippen molar-refractivity contribution in [2.24, 2.45) is 4.99 Å². The Balaban J connectivity index is 0.00000364. The van der Waals surface area contributed by atoms with E-state index in [4.69, 9.17) is 4.74 Å². The summed E-state index contributed by atoms with van der Waals surface area (Å²) in [5.74, 6) is 0.456. The lowest BCUT2D eigenvalue weighted by Gasteiger charge is -2.30. The van der Waals surface area contributed by atoms with E-state index in [1.165, 1.54) is 6.07 Å². The molecule has 154 valence electrons. The summed E-state index contributed by atoms with van der Waals surface area (Å²) in [6.45, 7) is 5.47. The van der Waals surface area contributed by atoms with Gasteiger partial charge >= 0.3 is 6.18 Å². The standard InChI is InChI=1S/C18H26F3N3O2.HI/c1-3-22-16(23-12-17(25)7-9-26-10-8-17)24-13(2)14-5-4-6-15(11-14)18(19,20)21;/h4-6,11,13,25H,3,7-10,12H2,1-2H3,(H2,22,23,24);1H. The summed E-state index contributed by atoms with van der Waals surface area (Å²) in [5, 5.41) is 16.7. The molecule has 1 saturated heterocycles. The van der Waals surface area contributed by atoms with Crippen molar-refractivity contribution in [2.75, 3.05) is 26.3 Å². The van der Waals surface area contributed by atoms with E-state index in [1.54, 1.807) is 13.0 Å². The Labute approximate surface area is 174 Å². The molecule has 9 heteroatoms. The van der Waals surface area contributed by atoms with Crippen LogP contribution in [0, 0.1) is 0 Å². The fourth-order valence-corrected chi connectivity index (χ4v) is 2.73. The number of aliphatic hydroxyl groups is 1. The van der Waals surface area contributed by atoms with Gasteiger partial charge in [0.2, 0.25) is 0 Å². The van der Waals surface area contributed by atoms with Crippen LogP contribution >= 0.6 is 24.0 Å². The molecule has 1 aromatic rings. The molecule has 1 aromatic carbocycles. The van der Waals surface area contributed by atoms with Crippen LogP contribution in [0.25, 0.3) is 0 Å². The van der Waals surface area contributed by atoms with Gasteiger partial charge in [0.05, 0.1) is 23.8 Å². The lowest BCUT2D eigenvalue weighted by molar-refractivity contribution is -0.137. The number of benzene rings is 1. The molecule has 1 fully saturated rings. The molecule has 1 heterocycles. The quantitative estimate of drug-likeness (QED) is 0.329. The molecular formula is C18H27F3IN3O2. The van der Waals surface area contributed by atoms with Crippen LogP contribution in [0.15, 0.2) is 29.3 Å². The van der Waals surface area contributed by atoms with E-state index < -0.39 is 17.3 Å². The zero-order valence-electron chi connectivity index (χ0n) is 15.5. The Morgan fingerprint density at radius 3 is 2.59 bits per heavy atom. The number of hydrogen-bond donors (Lipinski definition) is 3. The number of nitrogens with zero attached hydrogens (tertiary/aromatic N) is 1. The molecule has 1 aliphatic rings. The molecule has 0 spiro atoms. The summed E-state index contributed by atoms with van der Waals surface area (Å²) in [7, 11) is 0. The van der Waals surface area contributed by atoms with E-state index in [0.29, 0.717) is 44.1 Å². The zero-order valence-corrected chi connectivity index (χ0v) is 17.8. The van der Waals surface area contributed by atoms with Crippen molar-refractivity contribution in [1.29, 1.82) is 0 Å². The Morgan fingerprint density at radius 2 is 2.00 bits per heavy atom. The van der Waals surface area contributed by atoms with Crippen molar-refractivity contribution in [2.45, 2.75) is 44.5 Å². The third-order valence-electron chi connectivity index (χ3n) is 4.37. The van der Waals surface area contributed by atoms with Gasteiger partial charge < -0.3 is 20.5 Å². The lowest BCUT2D eigenvalue weighted by Crippen LogP contribution is -2.43. The van der Waals surface area contributed by atoms with E-state index in [9.17, 15) is 18.3 Å². The number of alkyl halides is 3. The fraction of sp³-hybridized carbons (Fsp3) is 0.611. The maximum Gasteiger partial charge on any atom is 0.416 e. The number of halogens is 4. The molecule has 1 unspecified atom stereocenters. The van der Waals surface area contributed by atoms with Crippen molar-refractivity contribution in [3.05, 3.63) is 35.4 Å². The van der Waals surface area contributed by atoms with Crippen molar-refractivity contribution in [3.63, 3.8) is 0 Å². The van der Waals surface area contributed by atoms with E-state index in [0.717, 1.165) is 12.1 Å². The van der Waals surface area contributed by atoms with Gasteiger partial charge in [0, 0.05) is 32.6 Å². The average molecular weight is 501 g/mol. The molecule has 0 bridgehead atoms. The fourth-order valence-electron chi connectivity index (χ4n) is 2.73. The second-order valence-electron chi connectivity index (χ2n) is 6.52. The zero-order chi connectivity index (χ0) is 19.2. The Hall–Kier alpha value is -1.07. The monoisotopic (exact) mass is 501 g/mol. The van der Waals surface area contributed by atoms with E-state index in [-0.39, 0.29) is 36.6 Å². The predicted octanol–water partition coefficient (Wildman–Crippen LogP) is 3.48. The van der Waals surface area contributed by atoms with E-state index >= 15 is 0 Å². The molecule has 0 aromatic heterocycles. The highest BCUT2D eigenvalue weighted by Gasteiger charge is 2.31. The molecule has 0 radical (unpaired) electrons. The van der Waals surface area contributed by atoms with Crippen molar-refractivity contribution in [3.8, 4) is 0 Å². The van der Waals surface area contributed by atoms with Crippen LogP contribution in [0.1, 0.15) is 43.9 Å². The largest absolute Gasteiger partial charge is 0.416 e. The molecule has 1 aliphatic heterocycles. The van der Waals surface area contributed by atoms with Gasteiger partial charge in [0.15, 0.2) is 5.96 Å². The second-order valence-corrected chi connectivity index (χ2v) is 6.52.